The minimum absolute atomic E-state index is 0.347. The minimum atomic E-state index is 0.347. The van der Waals surface area contributed by atoms with E-state index in [1.54, 1.807) is 13.2 Å². The van der Waals surface area contributed by atoms with Crippen LogP contribution in [0.1, 0.15) is 18.2 Å². The van der Waals surface area contributed by atoms with Crippen LogP contribution in [-0.2, 0) is 6.42 Å². The number of nitrogens with zero attached hydrogens (tertiary/aromatic N) is 3. The molecule has 27 heavy (non-hydrogen) atoms. The van der Waals surface area contributed by atoms with Gasteiger partial charge >= 0.3 is 0 Å². The van der Waals surface area contributed by atoms with Crippen molar-refractivity contribution in [2.75, 3.05) is 17.3 Å². The van der Waals surface area contributed by atoms with E-state index in [1.807, 2.05) is 25.1 Å². The number of aryl methyl sites for hydroxylation is 1. The number of hydrogen-bond acceptors (Lipinski definition) is 5. The van der Waals surface area contributed by atoms with Gasteiger partial charge in [0.2, 0.25) is 5.95 Å². The van der Waals surface area contributed by atoms with Gasteiger partial charge in [-0.2, -0.15) is 4.98 Å². The summed E-state index contributed by atoms with van der Waals surface area (Å²) in [7, 11) is 1.60. The summed E-state index contributed by atoms with van der Waals surface area (Å²) >= 11 is 6.22. The molecule has 1 aromatic heterocycles. The summed E-state index contributed by atoms with van der Waals surface area (Å²) in [6.45, 7) is 4.19. The molecule has 0 bridgehead atoms. The third kappa shape index (κ3) is 3.43. The number of anilines is 4. The number of nitrogens with one attached hydrogen (secondary N) is 1. The van der Waals surface area contributed by atoms with Crippen molar-refractivity contribution in [2.45, 2.75) is 26.3 Å². The van der Waals surface area contributed by atoms with Gasteiger partial charge in [-0.05, 0) is 50.1 Å². The highest BCUT2D eigenvalue weighted by atomic mass is 35.5. The molecule has 0 fully saturated rings. The van der Waals surface area contributed by atoms with Gasteiger partial charge in [0.15, 0.2) is 0 Å². The van der Waals surface area contributed by atoms with E-state index in [9.17, 15) is 0 Å². The molecule has 2 heterocycles. The predicted molar refractivity (Wildman–Crippen MR) is 110 cm³/mol. The maximum absolute atomic E-state index is 6.22. The van der Waals surface area contributed by atoms with E-state index in [0.717, 1.165) is 23.6 Å². The number of rotatable bonds is 4. The Labute approximate surface area is 164 Å². The maximum atomic E-state index is 6.22. The van der Waals surface area contributed by atoms with Crippen LogP contribution in [0.5, 0.6) is 5.75 Å². The molecule has 0 amide bonds. The third-order valence-electron chi connectivity index (χ3n) is 4.70. The van der Waals surface area contributed by atoms with Crippen molar-refractivity contribution in [2.24, 2.45) is 0 Å². The quantitative estimate of drug-likeness (QED) is 0.667. The van der Waals surface area contributed by atoms with E-state index in [1.165, 1.54) is 11.3 Å². The van der Waals surface area contributed by atoms with Crippen molar-refractivity contribution in [1.29, 1.82) is 0 Å². The van der Waals surface area contributed by atoms with E-state index >= 15 is 0 Å². The first-order valence-corrected chi connectivity index (χ1v) is 9.26. The summed E-state index contributed by atoms with van der Waals surface area (Å²) in [4.78, 5) is 11.6. The Kier molecular flexibility index (Phi) is 4.62. The highest BCUT2D eigenvalue weighted by Crippen LogP contribution is 2.37. The molecule has 1 aliphatic heterocycles. The fourth-order valence-corrected chi connectivity index (χ4v) is 3.78. The van der Waals surface area contributed by atoms with Gasteiger partial charge in [-0.3, -0.25) is 0 Å². The second-order valence-corrected chi connectivity index (χ2v) is 7.12. The van der Waals surface area contributed by atoms with Gasteiger partial charge in [0.05, 0.1) is 12.1 Å². The van der Waals surface area contributed by atoms with E-state index < -0.39 is 0 Å². The van der Waals surface area contributed by atoms with Crippen LogP contribution in [0, 0.1) is 6.92 Å². The Morgan fingerprint density at radius 3 is 2.74 bits per heavy atom. The molecule has 4 rings (SSSR count). The Morgan fingerprint density at radius 1 is 1.15 bits per heavy atom. The highest BCUT2D eigenvalue weighted by Gasteiger charge is 2.28. The van der Waals surface area contributed by atoms with Crippen molar-refractivity contribution in [3.8, 4) is 5.75 Å². The summed E-state index contributed by atoms with van der Waals surface area (Å²) in [6.07, 6.45) is 1.01. The Morgan fingerprint density at radius 2 is 1.96 bits per heavy atom. The smallest absolute Gasteiger partial charge is 0.229 e. The summed E-state index contributed by atoms with van der Waals surface area (Å²) < 4.78 is 5.20. The molecular weight excluding hydrogens is 360 g/mol. The molecule has 3 aromatic rings. The van der Waals surface area contributed by atoms with Crippen molar-refractivity contribution in [1.82, 2.24) is 9.97 Å². The zero-order valence-electron chi connectivity index (χ0n) is 15.5. The second kappa shape index (κ2) is 7.08. The first-order valence-electron chi connectivity index (χ1n) is 8.88. The number of para-hydroxylation sites is 1. The van der Waals surface area contributed by atoms with Gasteiger partial charge in [0, 0.05) is 29.2 Å². The highest BCUT2D eigenvalue weighted by molar-refractivity contribution is 6.32. The molecule has 6 heteroatoms. The van der Waals surface area contributed by atoms with Crippen molar-refractivity contribution >= 4 is 34.7 Å². The number of ether oxygens (including phenoxy) is 1. The van der Waals surface area contributed by atoms with E-state index in [0.29, 0.717) is 22.8 Å². The topological polar surface area (TPSA) is 50.3 Å². The van der Waals surface area contributed by atoms with E-state index in [2.05, 4.69) is 46.4 Å². The fraction of sp³-hybridized carbons (Fsp3) is 0.238. The molecule has 0 aliphatic carbocycles. The van der Waals surface area contributed by atoms with Crippen LogP contribution in [0.15, 0.2) is 48.5 Å². The standard InChI is InChI=1S/C21H21ClN4O/c1-13-10-20(26-14(2)11-15-6-4-5-7-18(15)26)25-21(23-13)24-16-8-9-19(27-3)17(22)12-16/h4-10,12,14H,11H2,1-3H3,(H,23,24,25). The third-order valence-corrected chi connectivity index (χ3v) is 5.00. The predicted octanol–water partition coefficient (Wildman–Crippen LogP) is 5.27. The summed E-state index contributed by atoms with van der Waals surface area (Å²) in [5, 5.41) is 3.79. The van der Waals surface area contributed by atoms with Crippen LogP contribution in [0.25, 0.3) is 0 Å². The number of methoxy groups -OCH3 is 1. The zero-order chi connectivity index (χ0) is 19.0. The summed E-state index contributed by atoms with van der Waals surface area (Å²) in [5.74, 6) is 2.07. The lowest BCUT2D eigenvalue weighted by Crippen LogP contribution is -2.25. The second-order valence-electron chi connectivity index (χ2n) is 6.72. The van der Waals surface area contributed by atoms with E-state index in [-0.39, 0.29) is 0 Å². The number of benzene rings is 2. The van der Waals surface area contributed by atoms with Crippen LogP contribution in [0.3, 0.4) is 0 Å². The lowest BCUT2D eigenvalue weighted by Gasteiger charge is -2.24. The van der Waals surface area contributed by atoms with Crippen LogP contribution in [-0.4, -0.2) is 23.1 Å². The maximum Gasteiger partial charge on any atom is 0.229 e. The van der Waals surface area contributed by atoms with Crippen molar-refractivity contribution < 1.29 is 4.74 Å². The lowest BCUT2D eigenvalue weighted by molar-refractivity contribution is 0.415. The Bertz CT molecular complexity index is 992. The lowest BCUT2D eigenvalue weighted by atomic mass is 10.1. The molecule has 1 aliphatic rings. The average Bonchev–Trinajstić information content (AvgIpc) is 2.97. The molecule has 1 atom stereocenters. The van der Waals surface area contributed by atoms with Crippen molar-refractivity contribution in [3.05, 3.63) is 64.8 Å². The molecule has 5 nitrogen and oxygen atoms in total. The van der Waals surface area contributed by atoms with Gasteiger partial charge in [0.25, 0.3) is 0 Å². The molecule has 0 spiro atoms. The van der Waals surface area contributed by atoms with Gasteiger partial charge in [0.1, 0.15) is 11.6 Å². The molecule has 138 valence electrons. The normalized spacial score (nSPS) is 15.6. The molecular formula is C21H21ClN4O. The minimum Gasteiger partial charge on any atom is -0.495 e. The largest absolute Gasteiger partial charge is 0.495 e. The first kappa shape index (κ1) is 17.6. The fourth-order valence-electron chi connectivity index (χ4n) is 3.52. The summed E-state index contributed by atoms with van der Waals surface area (Å²) in [6, 6.07) is 16.4. The number of fused-ring (bicyclic) bond motifs is 1. The van der Waals surface area contributed by atoms with Crippen LogP contribution >= 0.6 is 11.6 Å². The van der Waals surface area contributed by atoms with Crippen LogP contribution < -0.4 is 15.0 Å². The summed E-state index contributed by atoms with van der Waals surface area (Å²) in [5.41, 5.74) is 4.27. The SMILES string of the molecule is COc1ccc(Nc2nc(C)cc(N3c4ccccc4CC3C)n2)cc1Cl. The molecule has 2 aromatic carbocycles. The van der Waals surface area contributed by atoms with Gasteiger partial charge in [-0.1, -0.05) is 29.8 Å². The van der Waals surface area contributed by atoms with E-state index in [4.69, 9.17) is 21.3 Å². The Hall–Kier alpha value is -2.79. The molecule has 0 saturated carbocycles. The van der Waals surface area contributed by atoms with Gasteiger partial charge in [-0.25, -0.2) is 4.98 Å². The van der Waals surface area contributed by atoms with Crippen LogP contribution in [0.4, 0.5) is 23.1 Å². The van der Waals surface area contributed by atoms with Crippen LogP contribution in [0.2, 0.25) is 5.02 Å². The molecule has 1 N–H and O–H groups in total. The molecule has 1 unspecified atom stereocenters. The van der Waals surface area contributed by atoms with Gasteiger partial charge < -0.3 is 15.0 Å². The van der Waals surface area contributed by atoms with Crippen molar-refractivity contribution in [3.63, 3.8) is 0 Å². The molecule has 0 radical (unpaired) electrons. The zero-order valence-corrected chi connectivity index (χ0v) is 16.3. The molecule has 0 saturated heterocycles. The Balaban J connectivity index is 1.67. The number of hydrogen-bond donors (Lipinski definition) is 1. The van der Waals surface area contributed by atoms with Gasteiger partial charge in [-0.15, -0.1) is 0 Å². The number of halogens is 1. The monoisotopic (exact) mass is 380 g/mol. The number of aromatic nitrogens is 2. The average molecular weight is 381 g/mol. The first-order chi connectivity index (χ1) is 13.0.